The van der Waals surface area contributed by atoms with Gasteiger partial charge in [0.05, 0.1) is 6.04 Å². The van der Waals surface area contributed by atoms with Gasteiger partial charge < -0.3 is 0 Å². The Bertz CT molecular complexity index is 670. The molecular weight excluding hydrogens is 284 g/mol. The molecule has 0 aromatic carbocycles. The molecule has 0 aliphatic heterocycles. The number of rotatable bonds is 1. The summed E-state index contributed by atoms with van der Waals surface area (Å²) in [6.45, 7) is 0. The fraction of sp³-hybridized carbons (Fsp3) is 0.250. The average molecular weight is 293 g/mol. The third-order valence-corrected chi connectivity index (χ3v) is 3.46. The quantitative estimate of drug-likeness (QED) is 0.808. The van der Waals surface area contributed by atoms with E-state index in [0.29, 0.717) is 18.5 Å². The van der Waals surface area contributed by atoms with Crippen LogP contribution in [0.25, 0.3) is 11.0 Å². The molecule has 0 saturated heterocycles. The normalized spacial score (nSPS) is 16.2. The van der Waals surface area contributed by atoms with Crippen molar-refractivity contribution in [2.24, 2.45) is 0 Å². The largest absolute Gasteiger partial charge is 0.300 e. The van der Waals surface area contributed by atoms with Crippen LogP contribution in [0, 0.1) is 0 Å². The van der Waals surface area contributed by atoms with E-state index in [9.17, 15) is 9.59 Å². The second-order valence-electron chi connectivity index (χ2n) is 4.21. The third kappa shape index (κ3) is 1.70. The van der Waals surface area contributed by atoms with Crippen LogP contribution in [0.15, 0.2) is 33.7 Å². The summed E-state index contributed by atoms with van der Waals surface area (Å²) in [7, 11) is 0. The summed E-state index contributed by atoms with van der Waals surface area (Å²) in [6, 6.07) is 5.18. The van der Waals surface area contributed by atoms with Crippen LogP contribution in [0.1, 0.15) is 18.9 Å². The molecule has 0 spiro atoms. The second-order valence-corrected chi connectivity index (χ2v) is 5.12. The Morgan fingerprint density at radius 3 is 2.76 bits per heavy atom. The van der Waals surface area contributed by atoms with Crippen LogP contribution in [-0.2, 0) is 4.79 Å². The van der Waals surface area contributed by atoms with Gasteiger partial charge in [0, 0.05) is 35.0 Å². The Morgan fingerprint density at radius 1 is 1.29 bits per heavy atom. The highest BCUT2D eigenvalue weighted by Crippen LogP contribution is 2.29. The lowest BCUT2D eigenvalue weighted by Crippen LogP contribution is -2.34. The van der Waals surface area contributed by atoms with E-state index in [-0.39, 0.29) is 17.4 Å². The zero-order valence-corrected chi connectivity index (χ0v) is 10.5. The van der Waals surface area contributed by atoms with E-state index in [2.05, 4.69) is 20.9 Å². The highest BCUT2D eigenvalue weighted by molar-refractivity contribution is 9.10. The predicted octanol–water partition coefficient (Wildman–Crippen LogP) is 2.06. The molecule has 86 valence electrons. The molecule has 0 N–H and O–H groups in total. The van der Waals surface area contributed by atoms with Crippen LogP contribution in [0.4, 0.5) is 0 Å². The molecule has 0 radical (unpaired) electrons. The summed E-state index contributed by atoms with van der Waals surface area (Å²) < 4.78 is 2.50. The lowest BCUT2D eigenvalue weighted by Gasteiger charge is -2.27. The maximum Gasteiger partial charge on any atom is 0.252 e. The number of aromatic nitrogens is 2. The summed E-state index contributed by atoms with van der Waals surface area (Å²) in [5.74, 6) is 0.205. The SMILES string of the molecule is O=C1CC(n2c(=O)ccc3cc(Br)cnc32)C1. The van der Waals surface area contributed by atoms with Gasteiger partial charge in [0.15, 0.2) is 0 Å². The van der Waals surface area contributed by atoms with Gasteiger partial charge in [0.2, 0.25) is 0 Å². The molecule has 2 aromatic heterocycles. The van der Waals surface area contributed by atoms with Gasteiger partial charge in [0.25, 0.3) is 5.56 Å². The molecule has 1 aliphatic rings. The minimum Gasteiger partial charge on any atom is -0.300 e. The van der Waals surface area contributed by atoms with E-state index < -0.39 is 0 Å². The van der Waals surface area contributed by atoms with E-state index in [4.69, 9.17) is 0 Å². The van der Waals surface area contributed by atoms with Gasteiger partial charge in [-0.15, -0.1) is 0 Å². The lowest BCUT2D eigenvalue weighted by atomic mass is 9.91. The molecule has 3 rings (SSSR count). The Morgan fingerprint density at radius 2 is 2.06 bits per heavy atom. The zero-order valence-electron chi connectivity index (χ0n) is 8.89. The van der Waals surface area contributed by atoms with Crippen molar-refractivity contribution < 1.29 is 4.79 Å². The first kappa shape index (κ1) is 10.7. The maximum absolute atomic E-state index is 11.9. The molecule has 2 aromatic rings. The number of halogens is 1. The number of pyridine rings is 2. The van der Waals surface area contributed by atoms with Crippen molar-refractivity contribution in [3.05, 3.63) is 39.2 Å². The van der Waals surface area contributed by atoms with E-state index in [1.807, 2.05) is 6.07 Å². The first-order chi connectivity index (χ1) is 8.15. The first-order valence-electron chi connectivity index (χ1n) is 5.33. The van der Waals surface area contributed by atoms with Crippen LogP contribution in [-0.4, -0.2) is 15.3 Å². The molecule has 0 amide bonds. The number of hydrogen-bond acceptors (Lipinski definition) is 3. The van der Waals surface area contributed by atoms with Gasteiger partial charge in [-0.1, -0.05) is 0 Å². The lowest BCUT2D eigenvalue weighted by molar-refractivity contribution is -0.126. The van der Waals surface area contributed by atoms with Gasteiger partial charge in [-0.3, -0.25) is 14.2 Å². The first-order valence-corrected chi connectivity index (χ1v) is 6.13. The smallest absolute Gasteiger partial charge is 0.252 e. The van der Waals surface area contributed by atoms with Crippen molar-refractivity contribution in [2.45, 2.75) is 18.9 Å². The second kappa shape index (κ2) is 3.77. The van der Waals surface area contributed by atoms with Crippen LogP contribution in [0.3, 0.4) is 0 Å². The molecule has 0 atom stereocenters. The van der Waals surface area contributed by atoms with E-state index in [0.717, 1.165) is 9.86 Å². The highest BCUT2D eigenvalue weighted by Gasteiger charge is 2.29. The Balaban J connectivity index is 2.24. The standard InChI is InChI=1S/C12H9BrN2O2/c13-8-3-7-1-2-11(17)15(12(7)14-6-8)9-4-10(16)5-9/h1-3,6,9H,4-5H2. The van der Waals surface area contributed by atoms with Crippen molar-refractivity contribution in [1.29, 1.82) is 0 Å². The van der Waals surface area contributed by atoms with Crippen LogP contribution >= 0.6 is 15.9 Å². The molecule has 5 heteroatoms. The summed E-state index contributed by atoms with van der Waals surface area (Å²) >= 11 is 3.35. The van der Waals surface area contributed by atoms with Gasteiger partial charge in [-0.2, -0.15) is 0 Å². The number of carbonyl (C=O) groups excluding carboxylic acids is 1. The number of carbonyl (C=O) groups is 1. The van der Waals surface area contributed by atoms with E-state index in [1.54, 1.807) is 16.8 Å². The van der Waals surface area contributed by atoms with Crippen molar-refractivity contribution in [2.75, 3.05) is 0 Å². The van der Waals surface area contributed by atoms with Crippen molar-refractivity contribution in [3.8, 4) is 0 Å². The third-order valence-electron chi connectivity index (χ3n) is 3.02. The zero-order chi connectivity index (χ0) is 12.0. The molecule has 0 unspecified atom stereocenters. The fourth-order valence-corrected chi connectivity index (χ4v) is 2.47. The number of ketones is 1. The summed E-state index contributed by atoms with van der Waals surface area (Å²) in [5.41, 5.74) is 0.558. The van der Waals surface area contributed by atoms with Gasteiger partial charge >= 0.3 is 0 Å². The summed E-state index contributed by atoms with van der Waals surface area (Å²) in [5, 5.41) is 0.901. The minimum absolute atomic E-state index is 0.0209. The van der Waals surface area contributed by atoms with Crippen molar-refractivity contribution in [1.82, 2.24) is 9.55 Å². The number of nitrogens with zero attached hydrogens (tertiary/aromatic N) is 2. The van der Waals surface area contributed by atoms with Crippen LogP contribution < -0.4 is 5.56 Å². The molecule has 1 aliphatic carbocycles. The molecule has 1 fully saturated rings. The molecule has 4 nitrogen and oxygen atoms in total. The Hall–Kier alpha value is -1.49. The molecule has 17 heavy (non-hydrogen) atoms. The molecule has 0 bridgehead atoms. The van der Waals surface area contributed by atoms with Crippen LogP contribution in [0.2, 0.25) is 0 Å². The van der Waals surface area contributed by atoms with E-state index >= 15 is 0 Å². The van der Waals surface area contributed by atoms with Crippen LogP contribution in [0.5, 0.6) is 0 Å². The summed E-state index contributed by atoms with van der Waals surface area (Å²) in [6.07, 6.45) is 2.55. The molecule has 1 saturated carbocycles. The Labute approximate surface area is 105 Å². The molecule has 2 heterocycles. The number of hydrogen-bond donors (Lipinski definition) is 0. The number of fused-ring (bicyclic) bond motifs is 1. The van der Waals surface area contributed by atoms with Crippen molar-refractivity contribution >= 4 is 32.7 Å². The molecular formula is C12H9BrN2O2. The fourth-order valence-electron chi connectivity index (χ4n) is 2.12. The summed E-state index contributed by atoms with van der Waals surface area (Å²) in [4.78, 5) is 27.2. The average Bonchev–Trinajstić information content (AvgIpc) is 2.26. The predicted molar refractivity (Wildman–Crippen MR) is 67.0 cm³/mol. The maximum atomic E-state index is 11.9. The van der Waals surface area contributed by atoms with Gasteiger partial charge in [-0.25, -0.2) is 4.98 Å². The highest BCUT2D eigenvalue weighted by atomic mass is 79.9. The number of Topliss-reactive ketones (excluding diaryl/α,β-unsaturated/α-hetero) is 1. The van der Waals surface area contributed by atoms with E-state index in [1.165, 1.54) is 6.07 Å². The van der Waals surface area contributed by atoms with Gasteiger partial charge in [-0.05, 0) is 28.1 Å². The Kier molecular flexibility index (Phi) is 2.36. The van der Waals surface area contributed by atoms with Gasteiger partial charge in [0.1, 0.15) is 11.4 Å². The monoisotopic (exact) mass is 292 g/mol. The topological polar surface area (TPSA) is 52.0 Å². The van der Waals surface area contributed by atoms with Crippen molar-refractivity contribution in [3.63, 3.8) is 0 Å². The minimum atomic E-state index is -0.0928.